The van der Waals surface area contributed by atoms with Crippen molar-refractivity contribution in [3.05, 3.63) is 27.8 Å². The normalized spacial score (nSPS) is 20.9. The molecule has 1 aromatic carbocycles. The van der Waals surface area contributed by atoms with E-state index in [1.54, 1.807) is 0 Å². The molecule has 1 aliphatic heterocycles. The van der Waals surface area contributed by atoms with E-state index in [9.17, 15) is 5.11 Å². The zero-order chi connectivity index (χ0) is 11.0. The number of rotatable bonds is 1. The van der Waals surface area contributed by atoms with Gasteiger partial charge in [-0.3, -0.25) is 0 Å². The summed E-state index contributed by atoms with van der Waals surface area (Å²) in [5.74, 6) is 0.218. The Hall–Kier alpha value is -0.730. The quantitative estimate of drug-likeness (QED) is 0.770. The first kappa shape index (κ1) is 10.8. The van der Waals surface area contributed by atoms with Crippen molar-refractivity contribution in [1.29, 1.82) is 0 Å². The summed E-state index contributed by atoms with van der Waals surface area (Å²) in [5.41, 5.74) is 3.08. The van der Waals surface area contributed by atoms with Gasteiger partial charge in [0.1, 0.15) is 5.75 Å². The highest BCUT2D eigenvalue weighted by Crippen LogP contribution is 2.37. The Morgan fingerprint density at radius 2 is 2.20 bits per heavy atom. The Balaban J connectivity index is 2.47. The number of halogens is 1. The number of aryl methyl sites for hydroxylation is 1. The third-order valence-corrected chi connectivity index (χ3v) is 3.61. The summed E-state index contributed by atoms with van der Waals surface area (Å²) in [4.78, 5) is 0. The highest BCUT2D eigenvalue weighted by atomic mass is 35.5. The number of hydrogen-bond acceptors (Lipinski definition) is 2. The molecule has 1 aromatic rings. The van der Waals surface area contributed by atoms with E-state index in [0.717, 1.165) is 24.1 Å². The Morgan fingerprint density at radius 3 is 2.80 bits per heavy atom. The van der Waals surface area contributed by atoms with Crippen molar-refractivity contribution in [1.82, 2.24) is 5.32 Å². The summed E-state index contributed by atoms with van der Waals surface area (Å²) in [7, 11) is 0. The van der Waals surface area contributed by atoms with Crippen LogP contribution in [0.5, 0.6) is 5.75 Å². The van der Waals surface area contributed by atoms with Gasteiger partial charge in [0.2, 0.25) is 0 Å². The first-order valence-electron chi connectivity index (χ1n) is 5.33. The third-order valence-electron chi connectivity index (χ3n) is 3.15. The van der Waals surface area contributed by atoms with E-state index in [-0.39, 0.29) is 5.75 Å². The largest absolute Gasteiger partial charge is 0.506 e. The van der Waals surface area contributed by atoms with Gasteiger partial charge in [-0.15, -0.1) is 0 Å². The molecule has 2 rings (SSSR count). The lowest BCUT2D eigenvalue weighted by atomic mass is 9.97. The number of aromatic hydroxyl groups is 1. The van der Waals surface area contributed by atoms with E-state index in [1.165, 1.54) is 12.0 Å². The summed E-state index contributed by atoms with van der Waals surface area (Å²) in [5, 5.41) is 13.6. The smallest absolute Gasteiger partial charge is 0.137 e. The summed E-state index contributed by atoms with van der Waals surface area (Å²) < 4.78 is 0. The highest BCUT2D eigenvalue weighted by Gasteiger charge is 2.21. The van der Waals surface area contributed by atoms with Crippen LogP contribution in [0.25, 0.3) is 0 Å². The van der Waals surface area contributed by atoms with Crippen LogP contribution in [-0.4, -0.2) is 11.7 Å². The minimum atomic E-state index is 0.218. The van der Waals surface area contributed by atoms with Gasteiger partial charge in [-0.05, 0) is 49.9 Å². The van der Waals surface area contributed by atoms with Crippen LogP contribution in [0.2, 0.25) is 5.02 Å². The molecule has 0 aliphatic carbocycles. The maximum Gasteiger partial charge on any atom is 0.137 e. The summed E-state index contributed by atoms with van der Waals surface area (Å²) in [6.45, 7) is 4.93. The van der Waals surface area contributed by atoms with E-state index in [2.05, 4.69) is 5.32 Å². The molecule has 82 valence electrons. The molecule has 1 atom stereocenters. The SMILES string of the molecule is Cc1cc(C2CCCN2)c(C)c(Cl)c1O. The molecule has 3 heteroatoms. The first-order chi connectivity index (χ1) is 7.11. The molecule has 0 spiro atoms. The molecule has 2 nitrogen and oxygen atoms in total. The lowest BCUT2D eigenvalue weighted by molar-refractivity contribution is 0.470. The molecule has 2 N–H and O–H groups in total. The summed E-state index contributed by atoms with van der Waals surface area (Å²) >= 11 is 6.09. The van der Waals surface area contributed by atoms with Crippen molar-refractivity contribution in [3.63, 3.8) is 0 Å². The topological polar surface area (TPSA) is 32.3 Å². The predicted octanol–water partition coefficient (Wildman–Crippen LogP) is 3.09. The maximum atomic E-state index is 9.70. The first-order valence-corrected chi connectivity index (χ1v) is 5.71. The minimum absolute atomic E-state index is 0.218. The lowest BCUT2D eigenvalue weighted by Gasteiger charge is -2.17. The molecule has 1 heterocycles. The fourth-order valence-corrected chi connectivity index (χ4v) is 2.46. The lowest BCUT2D eigenvalue weighted by Crippen LogP contribution is -2.14. The minimum Gasteiger partial charge on any atom is -0.506 e. The zero-order valence-electron chi connectivity index (χ0n) is 9.10. The molecule has 1 unspecified atom stereocenters. The summed E-state index contributed by atoms with van der Waals surface area (Å²) in [6, 6.07) is 2.45. The van der Waals surface area contributed by atoms with Gasteiger partial charge in [0, 0.05) is 6.04 Å². The molecular weight excluding hydrogens is 210 g/mol. The van der Waals surface area contributed by atoms with Gasteiger partial charge in [0.15, 0.2) is 0 Å². The van der Waals surface area contributed by atoms with Gasteiger partial charge in [-0.2, -0.15) is 0 Å². The second-order valence-corrected chi connectivity index (χ2v) is 4.60. The van der Waals surface area contributed by atoms with E-state index >= 15 is 0 Å². The van der Waals surface area contributed by atoms with E-state index in [0.29, 0.717) is 11.1 Å². The molecule has 0 saturated carbocycles. The van der Waals surface area contributed by atoms with Crippen LogP contribution in [0.1, 0.15) is 35.6 Å². The number of phenols is 1. The van der Waals surface area contributed by atoms with Crippen LogP contribution in [-0.2, 0) is 0 Å². The average molecular weight is 226 g/mol. The van der Waals surface area contributed by atoms with E-state index < -0.39 is 0 Å². The van der Waals surface area contributed by atoms with Gasteiger partial charge in [-0.1, -0.05) is 17.7 Å². The Morgan fingerprint density at radius 1 is 1.47 bits per heavy atom. The molecular formula is C12H16ClNO. The molecule has 0 bridgehead atoms. The van der Waals surface area contributed by atoms with Crippen molar-refractivity contribution in [3.8, 4) is 5.75 Å². The Labute approximate surface area is 95.3 Å². The van der Waals surface area contributed by atoms with Gasteiger partial charge in [0.05, 0.1) is 5.02 Å². The monoisotopic (exact) mass is 225 g/mol. The van der Waals surface area contributed by atoms with Crippen molar-refractivity contribution in [2.45, 2.75) is 32.7 Å². The number of nitrogens with one attached hydrogen (secondary N) is 1. The van der Waals surface area contributed by atoms with Crippen LogP contribution >= 0.6 is 11.6 Å². The fourth-order valence-electron chi connectivity index (χ4n) is 2.20. The molecule has 0 radical (unpaired) electrons. The second kappa shape index (κ2) is 4.03. The van der Waals surface area contributed by atoms with Crippen molar-refractivity contribution < 1.29 is 5.11 Å². The van der Waals surface area contributed by atoms with Crippen LogP contribution in [0.15, 0.2) is 6.07 Å². The predicted molar refractivity (Wildman–Crippen MR) is 62.6 cm³/mol. The van der Waals surface area contributed by atoms with Gasteiger partial charge >= 0.3 is 0 Å². The third kappa shape index (κ3) is 1.84. The Bertz CT molecular complexity index is 384. The molecule has 0 amide bonds. The molecule has 1 aliphatic rings. The molecule has 1 saturated heterocycles. The number of hydrogen-bond donors (Lipinski definition) is 2. The number of phenolic OH excluding ortho intramolecular Hbond substituents is 1. The number of benzene rings is 1. The van der Waals surface area contributed by atoms with E-state index in [1.807, 2.05) is 19.9 Å². The molecule has 1 fully saturated rings. The van der Waals surface area contributed by atoms with Gasteiger partial charge in [0.25, 0.3) is 0 Å². The van der Waals surface area contributed by atoms with Crippen molar-refractivity contribution in [2.75, 3.05) is 6.54 Å². The van der Waals surface area contributed by atoms with Crippen LogP contribution in [0.4, 0.5) is 0 Å². The fraction of sp³-hybridized carbons (Fsp3) is 0.500. The second-order valence-electron chi connectivity index (χ2n) is 4.22. The molecule has 0 aromatic heterocycles. The highest BCUT2D eigenvalue weighted by molar-refractivity contribution is 6.33. The average Bonchev–Trinajstić information content (AvgIpc) is 2.73. The molecule has 15 heavy (non-hydrogen) atoms. The van der Waals surface area contributed by atoms with Gasteiger partial charge < -0.3 is 10.4 Å². The van der Waals surface area contributed by atoms with Crippen LogP contribution in [0.3, 0.4) is 0 Å². The summed E-state index contributed by atoms with van der Waals surface area (Å²) in [6.07, 6.45) is 2.36. The maximum absolute atomic E-state index is 9.70. The van der Waals surface area contributed by atoms with Gasteiger partial charge in [-0.25, -0.2) is 0 Å². The van der Waals surface area contributed by atoms with Crippen molar-refractivity contribution >= 4 is 11.6 Å². The van der Waals surface area contributed by atoms with Crippen LogP contribution < -0.4 is 5.32 Å². The standard InChI is InChI=1S/C12H16ClNO/c1-7-6-9(10-4-3-5-14-10)8(2)11(13)12(7)15/h6,10,14-15H,3-5H2,1-2H3. The van der Waals surface area contributed by atoms with Crippen LogP contribution in [0, 0.1) is 13.8 Å². The van der Waals surface area contributed by atoms with E-state index in [4.69, 9.17) is 11.6 Å². The zero-order valence-corrected chi connectivity index (χ0v) is 9.86. The van der Waals surface area contributed by atoms with Crippen molar-refractivity contribution in [2.24, 2.45) is 0 Å². The Kier molecular flexibility index (Phi) is 2.89.